The van der Waals surface area contributed by atoms with Gasteiger partial charge in [-0.15, -0.1) is 0 Å². The topological polar surface area (TPSA) is 33.1 Å². The van der Waals surface area contributed by atoms with Gasteiger partial charge in [-0.2, -0.15) is 0 Å². The van der Waals surface area contributed by atoms with E-state index in [1.54, 1.807) is 0 Å². The van der Waals surface area contributed by atoms with Crippen LogP contribution in [0.5, 0.6) is 0 Å². The number of rotatable bonds is 2. The number of nitrogens with one attached hydrogen (secondary N) is 1. The summed E-state index contributed by atoms with van der Waals surface area (Å²) in [5, 5.41) is 3.41. The molecule has 1 aromatic heterocycles. The van der Waals surface area contributed by atoms with Crippen LogP contribution in [0.25, 0.3) is 11.0 Å². The summed E-state index contributed by atoms with van der Waals surface area (Å²) in [5.41, 5.74) is 3.71. The Morgan fingerprint density at radius 1 is 1.26 bits per heavy atom. The Bertz CT molecular complexity index is 581. The van der Waals surface area contributed by atoms with Gasteiger partial charge in [0, 0.05) is 39.3 Å². The Morgan fingerprint density at radius 3 is 2.74 bits per heavy atom. The number of aryl methyl sites for hydroxylation is 2. The first-order valence-electron chi connectivity index (χ1n) is 7.04. The maximum Gasteiger partial charge on any atom is 0.106 e. The number of hydrogen-bond donors (Lipinski definition) is 1. The summed E-state index contributed by atoms with van der Waals surface area (Å²) in [5.74, 6) is 1.07. The van der Waals surface area contributed by atoms with Crippen LogP contribution in [0.2, 0.25) is 0 Å². The second-order valence-corrected chi connectivity index (χ2v) is 5.43. The second kappa shape index (κ2) is 4.94. The molecule has 1 aromatic carbocycles. The molecule has 19 heavy (non-hydrogen) atoms. The zero-order valence-corrected chi connectivity index (χ0v) is 12.0. The van der Waals surface area contributed by atoms with E-state index in [4.69, 9.17) is 0 Å². The smallest absolute Gasteiger partial charge is 0.106 e. The lowest BCUT2D eigenvalue weighted by Gasteiger charge is -2.33. The molecule has 1 aliphatic rings. The van der Waals surface area contributed by atoms with Gasteiger partial charge in [0.05, 0.1) is 11.0 Å². The molecule has 1 N–H and O–H groups in total. The van der Waals surface area contributed by atoms with Crippen LogP contribution in [0, 0.1) is 6.92 Å². The molecule has 3 rings (SSSR count). The van der Waals surface area contributed by atoms with E-state index < -0.39 is 0 Å². The predicted molar refractivity (Wildman–Crippen MR) is 78.3 cm³/mol. The number of fused-ring (bicyclic) bond motifs is 1. The van der Waals surface area contributed by atoms with Gasteiger partial charge in [0.25, 0.3) is 0 Å². The van der Waals surface area contributed by atoms with Gasteiger partial charge in [-0.25, -0.2) is 4.98 Å². The van der Waals surface area contributed by atoms with Crippen LogP contribution in [0.15, 0.2) is 18.2 Å². The van der Waals surface area contributed by atoms with Gasteiger partial charge in [-0.1, -0.05) is 6.07 Å². The van der Waals surface area contributed by atoms with Crippen LogP contribution in [-0.2, 0) is 7.05 Å². The summed E-state index contributed by atoms with van der Waals surface area (Å²) in [4.78, 5) is 7.11. The molecule has 4 heteroatoms. The molecular formula is C15H22N4. The van der Waals surface area contributed by atoms with Gasteiger partial charge in [0.1, 0.15) is 5.82 Å². The fraction of sp³-hybridized carbons (Fsp3) is 0.533. The van der Waals surface area contributed by atoms with Gasteiger partial charge < -0.3 is 9.88 Å². The van der Waals surface area contributed by atoms with Crippen LogP contribution in [0.4, 0.5) is 0 Å². The van der Waals surface area contributed by atoms with Crippen LogP contribution in [0.3, 0.4) is 0 Å². The predicted octanol–water partition coefficient (Wildman–Crippen LogP) is 1.85. The van der Waals surface area contributed by atoms with Crippen molar-refractivity contribution >= 4 is 11.0 Å². The van der Waals surface area contributed by atoms with E-state index in [1.165, 1.54) is 11.1 Å². The SMILES string of the molecule is Cc1nc2ccc(C(C)N3CCNCC3)cc2n1C. The molecule has 1 aliphatic heterocycles. The van der Waals surface area contributed by atoms with Crippen LogP contribution in [-0.4, -0.2) is 40.6 Å². The van der Waals surface area contributed by atoms with E-state index in [0.717, 1.165) is 37.5 Å². The third-order valence-electron chi connectivity index (χ3n) is 4.31. The standard InChI is InChI=1S/C15H22N4/c1-11(19-8-6-16-7-9-19)13-4-5-14-15(10-13)18(3)12(2)17-14/h4-5,10-11,16H,6-9H2,1-3H3. The molecule has 1 unspecified atom stereocenters. The van der Waals surface area contributed by atoms with Crippen molar-refractivity contribution in [3.05, 3.63) is 29.6 Å². The molecule has 1 atom stereocenters. The average Bonchev–Trinajstić information content (AvgIpc) is 2.74. The highest BCUT2D eigenvalue weighted by Crippen LogP contribution is 2.24. The maximum absolute atomic E-state index is 4.57. The van der Waals surface area contributed by atoms with Crippen molar-refractivity contribution in [3.8, 4) is 0 Å². The lowest BCUT2D eigenvalue weighted by Crippen LogP contribution is -2.44. The van der Waals surface area contributed by atoms with Crippen molar-refractivity contribution in [2.45, 2.75) is 19.9 Å². The molecule has 2 heterocycles. The summed E-state index contributed by atoms with van der Waals surface area (Å²) in [6.07, 6.45) is 0. The summed E-state index contributed by atoms with van der Waals surface area (Å²) in [6, 6.07) is 7.14. The van der Waals surface area contributed by atoms with Crippen molar-refractivity contribution in [1.82, 2.24) is 19.8 Å². The molecular weight excluding hydrogens is 236 g/mol. The Hall–Kier alpha value is -1.39. The Labute approximate surface area is 114 Å². The zero-order chi connectivity index (χ0) is 13.4. The summed E-state index contributed by atoms with van der Waals surface area (Å²) in [6.45, 7) is 8.80. The first kappa shape index (κ1) is 12.6. The first-order chi connectivity index (χ1) is 9.16. The van der Waals surface area contributed by atoms with Crippen molar-refractivity contribution in [2.75, 3.05) is 26.2 Å². The molecule has 4 nitrogen and oxygen atoms in total. The van der Waals surface area contributed by atoms with Gasteiger partial charge >= 0.3 is 0 Å². The van der Waals surface area contributed by atoms with E-state index in [-0.39, 0.29) is 0 Å². The van der Waals surface area contributed by atoms with E-state index >= 15 is 0 Å². The molecule has 0 aliphatic carbocycles. The molecule has 2 aromatic rings. The largest absolute Gasteiger partial charge is 0.331 e. The monoisotopic (exact) mass is 258 g/mol. The number of nitrogens with zero attached hydrogens (tertiary/aromatic N) is 3. The third kappa shape index (κ3) is 2.26. The molecule has 1 fully saturated rings. The van der Waals surface area contributed by atoms with Crippen molar-refractivity contribution < 1.29 is 0 Å². The molecule has 0 amide bonds. The highest BCUT2D eigenvalue weighted by Gasteiger charge is 2.18. The third-order valence-corrected chi connectivity index (χ3v) is 4.31. The zero-order valence-electron chi connectivity index (χ0n) is 12.0. The van der Waals surface area contributed by atoms with E-state index in [1.807, 2.05) is 0 Å². The molecule has 0 bridgehead atoms. The van der Waals surface area contributed by atoms with Crippen LogP contribution >= 0.6 is 0 Å². The lowest BCUT2D eigenvalue weighted by molar-refractivity contribution is 0.185. The van der Waals surface area contributed by atoms with E-state index in [0.29, 0.717) is 6.04 Å². The molecule has 102 valence electrons. The minimum atomic E-state index is 0.474. The fourth-order valence-corrected chi connectivity index (χ4v) is 2.87. The lowest BCUT2D eigenvalue weighted by atomic mass is 10.1. The summed E-state index contributed by atoms with van der Waals surface area (Å²) in [7, 11) is 2.09. The van der Waals surface area contributed by atoms with E-state index in [2.05, 4.69) is 58.9 Å². The minimum absolute atomic E-state index is 0.474. The number of aromatic nitrogens is 2. The first-order valence-corrected chi connectivity index (χ1v) is 7.04. The minimum Gasteiger partial charge on any atom is -0.331 e. The maximum atomic E-state index is 4.57. The molecule has 0 spiro atoms. The van der Waals surface area contributed by atoms with Gasteiger partial charge in [0.15, 0.2) is 0 Å². The number of benzene rings is 1. The highest BCUT2D eigenvalue weighted by molar-refractivity contribution is 5.76. The number of piperazine rings is 1. The molecule has 0 radical (unpaired) electrons. The fourth-order valence-electron chi connectivity index (χ4n) is 2.87. The summed E-state index contributed by atoms with van der Waals surface area (Å²) >= 11 is 0. The number of imidazole rings is 1. The quantitative estimate of drug-likeness (QED) is 0.892. The van der Waals surface area contributed by atoms with Crippen LogP contribution < -0.4 is 5.32 Å². The second-order valence-electron chi connectivity index (χ2n) is 5.43. The Kier molecular flexibility index (Phi) is 3.29. The van der Waals surface area contributed by atoms with Crippen molar-refractivity contribution in [1.29, 1.82) is 0 Å². The summed E-state index contributed by atoms with van der Waals surface area (Å²) < 4.78 is 2.17. The van der Waals surface area contributed by atoms with E-state index in [9.17, 15) is 0 Å². The van der Waals surface area contributed by atoms with Gasteiger partial charge in [0.2, 0.25) is 0 Å². The van der Waals surface area contributed by atoms with Crippen molar-refractivity contribution in [2.24, 2.45) is 7.05 Å². The van der Waals surface area contributed by atoms with Crippen molar-refractivity contribution in [3.63, 3.8) is 0 Å². The Morgan fingerprint density at radius 2 is 2.00 bits per heavy atom. The van der Waals surface area contributed by atoms with Gasteiger partial charge in [-0.3, -0.25) is 4.90 Å². The molecule has 0 saturated carbocycles. The van der Waals surface area contributed by atoms with Crippen LogP contribution in [0.1, 0.15) is 24.4 Å². The highest BCUT2D eigenvalue weighted by atomic mass is 15.2. The number of hydrogen-bond acceptors (Lipinski definition) is 3. The average molecular weight is 258 g/mol. The normalized spacial score (nSPS) is 18.9. The molecule has 1 saturated heterocycles. The Balaban J connectivity index is 1.93. The van der Waals surface area contributed by atoms with Gasteiger partial charge in [-0.05, 0) is 31.5 Å².